The Morgan fingerprint density at radius 3 is 1.71 bits per heavy atom. The van der Waals surface area contributed by atoms with Gasteiger partial charge in [-0.3, -0.25) is 0 Å². The Hall–Kier alpha value is 0.940. The van der Waals surface area contributed by atoms with E-state index in [1.165, 1.54) is 0 Å². The van der Waals surface area contributed by atoms with Crippen LogP contribution in [-0.2, 0) is 0 Å². The van der Waals surface area contributed by atoms with Crippen molar-refractivity contribution in [1.29, 1.82) is 0 Å². The molecule has 0 fully saturated rings. The molecule has 96 valence electrons. The quantitative estimate of drug-likeness (QED) is 0.477. The fourth-order valence-corrected chi connectivity index (χ4v) is 3.44. The maximum atomic E-state index is 9.25. The average Bonchev–Trinajstić information content (AvgIpc) is 2.33. The van der Waals surface area contributed by atoms with Gasteiger partial charge in [0.2, 0.25) is 0 Å². The zero-order valence-electron chi connectivity index (χ0n) is 8.18. The van der Waals surface area contributed by atoms with Gasteiger partial charge in [-0.15, -0.1) is 11.8 Å². The van der Waals surface area contributed by atoms with Crippen molar-refractivity contribution in [2.45, 2.75) is 11.0 Å². The first-order valence-electron chi connectivity index (χ1n) is 4.33. The van der Waals surface area contributed by atoms with Crippen LogP contribution in [0.25, 0.3) is 0 Å². The zero-order chi connectivity index (χ0) is 13.2. The second-order valence-electron chi connectivity index (χ2n) is 3.05. The molecular weight excluding hydrogens is 349 g/mol. The molecule has 17 heavy (non-hydrogen) atoms. The van der Waals surface area contributed by atoms with E-state index < -0.39 is 6.10 Å². The van der Waals surface area contributed by atoms with Crippen LogP contribution < -0.4 is 0 Å². The van der Waals surface area contributed by atoms with Crippen LogP contribution in [0.3, 0.4) is 0 Å². The highest BCUT2D eigenvalue weighted by Crippen LogP contribution is 2.47. The fourth-order valence-electron chi connectivity index (χ4n) is 0.944. The summed E-state index contributed by atoms with van der Waals surface area (Å²) >= 11 is 30.7. The zero-order valence-corrected chi connectivity index (χ0v) is 12.8. The minimum absolute atomic E-state index is 0.0930. The Kier molecular flexibility index (Phi) is 6.51. The summed E-state index contributed by atoms with van der Waals surface area (Å²) in [5, 5.41) is 18.6. The predicted octanol–water partition coefficient (Wildman–Crippen LogP) is 4.40. The van der Waals surface area contributed by atoms with Crippen molar-refractivity contribution in [2.24, 2.45) is 0 Å². The van der Waals surface area contributed by atoms with E-state index in [2.05, 4.69) is 0 Å². The van der Waals surface area contributed by atoms with Gasteiger partial charge in [-0.2, -0.15) is 0 Å². The first-order chi connectivity index (χ1) is 7.90. The molecule has 0 bridgehead atoms. The van der Waals surface area contributed by atoms with Crippen molar-refractivity contribution in [3.8, 4) is 0 Å². The van der Waals surface area contributed by atoms with E-state index in [0.717, 1.165) is 11.8 Å². The lowest BCUT2D eigenvalue weighted by Crippen LogP contribution is -2.14. The Bertz CT molecular complexity index is 397. The van der Waals surface area contributed by atoms with Gasteiger partial charge in [-0.05, 0) is 0 Å². The van der Waals surface area contributed by atoms with Gasteiger partial charge < -0.3 is 10.2 Å². The lowest BCUT2D eigenvalue weighted by molar-refractivity contribution is 0.113. The summed E-state index contributed by atoms with van der Waals surface area (Å²) in [4.78, 5) is 0.431. The molecule has 8 heteroatoms. The van der Waals surface area contributed by atoms with Crippen molar-refractivity contribution in [1.82, 2.24) is 0 Å². The van der Waals surface area contributed by atoms with Gasteiger partial charge in [0.15, 0.2) is 0 Å². The van der Waals surface area contributed by atoms with Crippen LogP contribution in [0.1, 0.15) is 0 Å². The predicted molar refractivity (Wildman–Crippen MR) is 75.3 cm³/mol. The molecule has 0 aromatic heterocycles. The highest BCUT2D eigenvalue weighted by Gasteiger charge is 2.20. The second-order valence-corrected chi connectivity index (χ2v) is 5.97. The van der Waals surface area contributed by atoms with Gasteiger partial charge in [0.25, 0.3) is 0 Å². The van der Waals surface area contributed by atoms with E-state index in [-0.39, 0.29) is 37.5 Å². The molecule has 2 N–H and O–H groups in total. The Labute approximate surface area is 128 Å². The lowest BCUT2D eigenvalue weighted by atomic mass is 10.3. The molecule has 0 spiro atoms. The van der Waals surface area contributed by atoms with Crippen LogP contribution in [0.4, 0.5) is 0 Å². The summed E-state index contributed by atoms with van der Waals surface area (Å²) in [5.41, 5.74) is 0. The Balaban J connectivity index is 3.07. The maximum Gasteiger partial charge on any atom is 0.0864 e. The third kappa shape index (κ3) is 3.71. The van der Waals surface area contributed by atoms with E-state index in [1.807, 2.05) is 0 Å². The van der Waals surface area contributed by atoms with Crippen molar-refractivity contribution >= 4 is 69.8 Å². The molecule has 1 rings (SSSR count). The number of benzene rings is 1. The molecule has 0 radical (unpaired) electrons. The number of aliphatic hydroxyl groups is 2. The molecule has 0 aliphatic heterocycles. The number of hydrogen-bond donors (Lipinski definition) is 2. The van der Waals surface area contributed by atoms with E-state index in [4.69, 9.17) is 63.1 Å². The summed E-state index contributed by atoms with van der Waals surface area (Å²) in [6.07, 6.45) is -0.875. The second kappa shape index (κ2) is 6.92. The minimum Gasteiger partial charge on any atom is -0.394 e. The van der Waals surface area contributed by atoms with Gasteiger partial charge in [0.1, 0.15) is 0 Å². The molecule has 1 aromatic rings. The number of hydrogen-bond acceptors (Lipinski definition) is 3. The Morgan fingerprint density at radius 2 is 1.29 bits per heavy atom. The van der Waals surface area contributed by atoms with Crippen LogP contribution in [0.5, 0.6) is 0 Å². The standard InChI is InChI=1S/C9H7Cl5O2S/c10-4-5(11)7(13)9(8(14)6(4)12)17-2-3(16)1-15/h3,15-16H,1-2H2. The molecule has 0 heterocycles. The first-order valence-corrected chi connectivity index (χ1v) is 7.20. The number of aliphatic hydroxyl groups excluding tert-OH is 2. The summed E-state index contributed by atoms with van der Waals surface area (Å²) in [5.74, 6) is 0.213. The van der Waals surface area contributed by atoms with Crippen molar-refractivity contribution in [3.63, 3.8) is 0 Å². The van der Waals surface area contributed by atoms with E-state index in [9.17, 15) is 5.11 Å². The van der Waals surface area contributed by atoms with E-state index in [1.54, 1.807) is 0 Å². The highest BCUT2D eigenvalue weighted by atomic mass is 35.5. The average molecular weight is 356 g/mol. The van der Waals surface area contributed by atoms with Gasteiger partial charge >= 0.3 is 0 Å². The van der Waals surface area contributed by atoms with Crippen LogP contribution >= 0.6 is 69.8 Å². The number of thioether (sulfide) groups is 1. The summed E-state index contributed by atoms with van der Waals surface area (Å²) in [6.45, 7) is -0.350. The molecule has 1 atom stereocenters. The topological polar surface area (TPSA) is 40.5 Å². The largest absolute Gasteiger partial charge is 0.394 e. The molecule has 0 aliphatic rings. The van der Waals surface area contributed by atoms with Crippen molar-refractivity contribution < 1.29 is 10.2 Å². The van der Waals surface area contributed by atoms with Gasteiger partial charge in [-0.25, -0.2) is 0 Å². The SMILES string of the molecule is OCC(O)CSc1c(Cl)c(Cl)c(Cl)c(Cl)c1Cl. The van der Waals surface area contributed by atoms with Gasteiger partial charge in [-0.1, -0.05) is 58.0 Å². The van der Waals surface area contributed by atoms with Crippen molar-refractivity contribution in [3.05, 3.63) is 25.1 Å². The maximum absolute atomic E-state index is 9.25. The Morgan fingerprint density at radius 1 is 0.882 bits per heavy atom. The number of rotatable bonds is 4. The molecule has 1 aromatic carbocycles. The third-order valence-corrected chi connectivity index (χ3v) is 5.55. The third-order valence-electron chi connectivity index (χ3n) is 1.80. The number of halogens is 5. The van der Waals surface area contributed by atoms with E-state index >= 15 is 0 Å². The molecule has 0 aliphatic carbocycles. The van der Waals surface area contributed by atoms with Crippen LogP contribution in [0, 0.1) is 0 Å². The monoisotopic (exact) mass is 354 g/mol. The molecular formula is C9H7Cl5O2S. The van der Waals surface area contributed by atoms with Crippen LogP contribution in [-0.4, -0.2) is 28.7 Å². The highest BCUT2D eigenvalue weighted by molar-refractivity contribution is 7.99. The summed E-state index contributed by atoms with van der Waals surface area (Å²) in [7, 11) is 0. The van der Waals surface area contributed by atoms with Crippen LogP contribution in [0.15, 0.2) is 4.90 Å². The summed E-state index contributed by atoms with van der Waals surface area (Å²) < 4.78 is 0. The molecule has 0 amide bonds. The van der Waals surface area contributed by atoms with E-state index in [0.29, 0.717) is 4.90 Å². The fraction of sp³-hybridized carbons (Fsp3) is 0.333. The van der Waals surface area contributed by atoms with Crippen molar-refractivity contribution in [2.75, 3.05) is 12.4 Å². The van der Waals surface area contributed by atoms with Gasteiger partial charge in [0.05, 0.1) is 37.8 Å². The van der Waals surface area contributed by atoms with Crippen LogP contribution in [0.2, 0.25) is 25.1 Å². The minimum atomic E-state index is -0.875. The summed E-state index contributed by atoms with van der Waals surface area (Å²) in [6, 6.07) is 0. The molecule has 0 saturated carbocycles. The molecule has 2 nitrogen and oxygen atoms in total. The lowest BCUT2D eigenvalue weighted by Gasteiger charge is -2.13. The smallest absolute Gasteiger partial charge is 0.0864 e. The first kappa shape index (κ1) is 16.0. The molecule has 0 saturated heterocycles. The normalized spacial score (nSPS) is 12.9. The van der Waals surface area contributed by atoms with Gasteiger partial charge in [0, 0.05) is 10.6 Å². The molecule has 1 unspecified atom stereocenters.